The summed E-state index contributed by atoms with van der Waals surface area (Å²) < 4.78 is 11.1. The predicted molar refractivity (Wildman–Crippen MR) is 187 cm³/mol. The first-order valence-electron chi connectivity index (χ1n) is 18.7. The van der Waals surface area contributed by atoms with Crippen molar-refractivity contribution in [3.8, 4) is 0 Å². The van der Waals surface area contributed by atoms with Crippen molar-refractivity contribution >= 4 is 23.8 Å². The van der Waals surface area contributed by atoms with Crippen molar-refractivity contribution in [3.63, 3.8) is 0 Å². The van der Waals surface area contributed by atoms with Gasteiger partial charge in [-0.1, -0.05) is 89.5 Å². The van der Waals surface area contributed by atoms with Gasteiger partial charge in [-0.2, -0.15) is 0 Å². The highest BCUT2D eigenvalue weighted by Crippen LogP contribution is 2.39. The van der Waals surface area contributed by atoms with Crippen molar-refractivity contribution < 1.29 is 28.7 Å². The van der Waals surface area contributed by atoms with E-state index in [0.29, 0.717) is 11.8 Å². The molecule has 2 aliphatic carbocycles. The Morgan fingerprint density at radius 1 is 0.583 bits per heavy atom. The molecule has 2 aromatic carbocycles. The van der Waals surface area contributed by atoms with E-state index in [-0.39, 0.29) is 11.1 Å². The number of amides is 2. The Bertz CT molecular complexity index is 1260. The largest absolute Gasteiger partial charge is 0.444 e. The Labute approximate surface area is 287 Å². The molecule has 1 saturated heterocycles. The van der Waals surface area contributed by atoms with E-state index in [2.05, 4.69) is 13.8 Å². The molecule has 5 rings (SSSR count). The number of hydrogen-bond acceptors (Lipinski definition) is 6. The Kier molecular flexibility index (Phi) is 12.9. The number of carbonyl (C=O) groups is 4. The van der Waals surface area contributed by atoms with E-state index in [1.807, 2.05) is 24.3 Å². The molecule has 7 heteroatoms. The summed E-state index contributed by atoms with van der Waals surface area (Å²) in [6.45, 7) is 4.49. The maximum atomic E-state index is 13.1. The minimum Gasteiger partial charge on any atom is -0.444 e. The summed E-state index contributed by atoms with van der Waals surface area (Å²) in [4.78, 5) is 53.0. The molecule has 0 N–H and O–H groups in total. The number of likely N-dealkylation sites (N-methyl/N-ethyl adjacent to an activating group) is 1. The Morgan fingerprint density at radius 2 is 0.938 bits per heavy atom. The van der Waals surface area contributed by atoms with Crippen LogP contribution in [0.1, 0.15) is 160 Å². The summed E-state index contributed by atoms with van der Waals surface area (Å²) >= 11 is 0. The average molecular weight is 658 g/mol. The van der Waals surface area contributed by atoms with Gasteiger partial charge in [0.05, 0.1) is 11.1 Å². The molecule has 260 valence electrons. The molecule has 48 heavy (non-hydrogen) atoms. The van der Waals surface area contributed by atoms with Crippen LogP contribution in [0, 0.1) is 11.8 Å². The molecule has 2 saturated carbocycles. The fraction of sp³-hybridized carbons (Fsp3) is 0.610. The Morgan fingerprint density at radius 3 is 1.27 bits per heavy atom. The lowest BCUT2D eigenvalue weighted by Gasteiger charge is -2.29. The number of ether oxygens (including phenoxy) is 2. The number of hydrogen-bond donors (Lipinski definition) is 0. The topological polar surface area (TPSA) is 90.0 Å². The van der Waals surface area contributed by atoms with Gasteiger partial charge in [0.15, 0.2) is 0 Å². The summed E-state index contributed by atoms with van der Waals surface area (Å²) in [6.07, 6.45) is 17.0. The first kappa shape index (κ1) is 35.8. The van der Waals surface area contributed by atoms with Crippen molar-refractivity contribution in [1.82, 2.24) is 4.90 Å². The van der Waals surface area contributed by atoms with E-state index in [9.17, 15) is 19.2 Å². The number of esters is 2. The molecular formula is C41H55NO6. The third kappa shape index (κ3) is 8.95. The number of benzene rings is 2. The van der Waals surface area contributed by atoms with Crippen molar-refractivity contribution in [2.75, 3.05) is 7.05 Å². The molecule has 0 aromatic heterocycles. The normalized spacial score (nSPS) is 26.0. The third-order valence-corrected chi connectivity index (χ3v) is 11.3. The minimum absolute atomic E-state index is 0.289. The summed E-state index contributed by atoms with van der Waals surface area (Å²) in [5.41, 5.74) is 2.99. The van der Waals surface area contributed by atoms with E-state index in [0.717, 1.165) is 42.4 Å². The van der Waals surface area contributed by atoms with Crippen LogP contribution >= 0.6 is 0 Å². The molecule has 1 heterocycles. The second kappa shape index (κ2) is 17.3. The van der Waals surface area contributed by atoms with Crippen molar-refractivity contribution in [2.24, 2.45) is 11.8 Å². The first-order valence-corrected chi connectivity index (χ1v) is 18.7. The van der Waals surface area contributed by atoms with Gasteiger partial charge in [0.25, 0.3) is 11.8 Å². The minimum atomic E-state index is -1.53. The van der Waals surface area contributed by atoms with E-state index in [1.54, 1.807) is 24.3 Å². The summed E-state index contributed by atoms with van der Waals surface area (Å²) in [5, 5.41) is 0. The van der Waals surface area contributed by atoms with Crippen LogP contribution in [0.5, 0.6) is 0 Å². The van der Waals surface area contributed by atoms with Crippen LogP contribution in [0.2, 0.25) is 0 Å². The second-order valence-electron chi connectivity index (χ2n) is 14.6. The zero-order chi connectivity index (χ0) is 34.0. The number of carbonyl (C=O) groups excluding carboxylic acids is 4. The fourth-order valence-electron chi connectivity index (χ4n) is 8.06. The van der Waals surface area contributed by atoms with Gasteiger partial charge in [-0.3, -0.25) is 14.5 Å². The average Bonchev–Trinajstić information content (AvgIpc) is 3.31. The van der Waals surface area contributed by atoms with Crippen LogP contribution in [-0.2, 0) is 19.1 Å². The standard InChI is InChI=1S/C41H55NO6/c1-4-6-8-10-28-12-16-30(17-13-28)32-20-24-34(25-21-32)40(45)47-36-37(39(44)42(3)38(36)43)48-41(46)35-26-22-33(23-27-35)31-18-14-29(15-19-31)11-9-7-5-2/h20-31,36-37H,4-19H2,1-3H3/t28-,29-,30-,31-,36-,37-/m1/s1. The predicted octanol–water partition coefficient (Wildman–Crippen LogP) is 9.14. The van der Waals surface area contributed by atoms with Crippen LogP contribution in [0.3, 0.4) is 0 Å². The molecule has 2 amide bonds. The van der Waals surface area contributed by atoms with E-state index < -0.39 is 36.0 Å². The van der Waals surface area contributed by atoms with Crippen molar-refractivity contribution in [1.29, 1.82) is 0 Å². The van der Waals surface area contributed by atoms with Gasteiger partial charge in [-0.05, 0) is 110 Å². The van der Waals surface area contributed by atoms with Crippen LogP contribution in [0.15, 0.2) is 48.5 Å². The molecule has 1 aliphatic heterocycles. The third-order valence-electron chi connectivity index (χ3n) is 11.3. The lowest BCUT2D eigenvalue weighted by Crippen LogP contribution is -2.37. The molecule has 3 fully saturated rings. The zero-order valence-corrected chi connectivity index (χ0v) is 29.3. The van der Waals surface area contributed by atoms with Gasteiger partial charge in [0, 0.05) is 7.05 Å². The number of nitrogens with zero attached hydrogens (tertiary/aromatic N) is 1. The summed E-state index contributed by atoms with van der Waals surface area (Å²) in [6, 6.07) is 14.7. The van der Waals surface area contributed by atoms with Gasteiger partial charge >= 0.3 is 11.9 Å². The molecule has 3 aliphatic rings. The van der Waals surface area contributed by atoms with Crippen LogP contribution in [-0.4, -0.2) is 47.9 Å². The van der Waals surface area contributed by atoms with Crippen molar-refractivity contribution in [2.45, 2.75) is 141 Å². The molecule has 2 atom stereocenters. The quantitative estimate of drug-likeness (QED) is 0.114. The van der Waals surface area contributed by atoms with Gasteiger partial charge < -0.3 is 9.47 Å². The van der Waals surface area contributed by atoms with Gasteiger partial charge in [0.2, 0.25) is 12.2 Å². The Hall–Kier alpha value is -3.48. The Balaban J connectivity index is 1.14. The molecule has 2 aromatic rings. The highest BCUT2D eigenvalue weighted by atomic mass is 16.6. The summed E-state index contributed by atoms with van der Waals surface area (Å²) in [7, 11) is 1.31. The number of rotatable bonds is 14. The van der Waals surface area contributed by atoms with Gasteiger partial charge in [-0.15, -0.1) is 0 Å². The molecule has 0 bridgehead atoms. The van der Waals surface area contributed by atoms with Gasteiger partial charge in [0.1, 0.15) is 0 Å². The monoisotopic (exact) mass is 657 g/mol. The lowest BCUT2D eigenvalue weighted by atomic mass is 9.77. The first-order chi connectivity index (χ1) is 23.3. The highest BCUT2D eigenvalue weighted by Gasteiger charge is 2.51. The van der Waals surface area contributed by atoms with E-state index in [4.69, 9.17) is 9.47 Å². The van der Waals surface area contributed by atoms with Crippen LogP contribution in [0.25, 0.3) is 0 Å². The van der Waals surface area contributed by atoms with E-state index in [1.165, 1.54) is 95.2 Å². The maximum Gasteiger partial charge on any atom is 0.339 e. The maximum absolute atomic E-state index is 13.1. The number of unbranched alkanes of at least 4 members (excludes halogenated alkanes) is 4. The smallest absolute Gasteiger partial charge is 0.339 e. The highest BCUT2D eigenvalue weighted by molar-refractivity contribution is 6.10. The van der Waals surface area contributed by atoms with Crippen molar-refractivity contribution in [3.05, 3.63) is 70.8 Å². The molecule has 7 nitrogen and oxygen atoms in total. The van der Waals surface area contributed by atoms with Crippen LogP contribution < -0.4 is 0 Å². The molecule has 0 unspecified atom stereocenters. The van der Waals surface area contributed by atoms with E-state index >= 15 is 0 Å². The molecular weight excluding hydrogens is 602 g/mol. The van der Waals surface area contributed by atoms with Crippen LogP contribution in [0.4, 0.5) is 0 Å². The summed E-state index contributed by atoms with van der Waals surface area (Å²) in [5.74, 6) is -0.271. The SMILES string of the molecule is CCCCC[C@H]1CC[C@H](c2ccc(C(=O)O[C@H]3C(=O)N(C)C(=O)[C@@H]3OC(=O)c3ccc([C@H]4CC[C@H](CCCCC)CC4)cc3)cc2)CC1. The zero-order valence-electron chi connectivity index (χ0n) is 29.3. The second-order valence-corrected chi connectivity index (χ2v) is 14.6. The lowest BCUT2D eigenvalue weighted by molar-refractivity contribution is -0.139. The molecule has 0 spiro atoms. The number of likely N-dealkylation sites (tertiary alicyclic amines) is 1. The molecule has 0 radical (unpaired) electrons. The fourth-order valence-corrected chi connectivity index (χ4v) is 8.06. The van der Waals surface area contributed by atoms with Gasteiger partial charge in [-0.25, -0.2) is 9.59 Å². The number of imide groups is 1.